The smallest absolute Gasteiger partial charge is 0.319 e. The standard InChI is InChI=1S/C13H17N3O2/c1-3-8-14-13(18)16-12-6-4-11(5-7-12)9-15-10(2)17/h3-7H,1,8-9H2,2H3,(H,15,17)(H2,14,16,18). The van der Waals surface area contributed by atoms with Gasteiger partial charge >= 0.3 is 6.03 Å². The van der Waals surface area contributed by atoms with Crippen LogP contribution in [0.25, 0.3) is 0 Å². The number of benzene rings is 1. The van der Waals surface area contributed by atoms with Crippen LogP contribution in [0.5, 0.6) is 0 Å². The van der Waals surface area contributed by atoms with Crippen LogP contribution in [0.15, 0.2) is 36.9 Å². The largest absolute Gasteiger partial charge is 0.352 e. The average molecular weight is 247 g/mol. The molecule has 0 saturated carbocycles. The molecule has 0 bridgehead atoms. The molecule has 1 rings (SSSR count). The number of anilines is 1. The molecule has 0 saturated heterocycles. The second-order valence-electron chi connectivity index (χ2n) is 3.73. The number of hydrogen-bond acceptors (Lipinski definition) is 2. The number of rotatable bonds is 5. The first kappa shape index (κ1) is 13.8. The molecule has 3 N–H and O–H groups in total. The predicted molar refractivity (Wildman–Crippen MR) is 71.2 cm³/mol. The summed E-state index contributed by atoms with van der Waals surface area (Å²) in [6, 6.07) is 6.98. The molecule has 3 amide bonds. The second-order valence-corrected chi connectivity index (χ2v) is 3.73. The summed E-state index contributed by atoms with van der Waals surface area (Å²) < 4.78 is 0. The van der Waals surface area contributed by atoms with E-state index in [-0.39, 0.29) is 11.9 Å². The molecular weight excluding hydrogens is 230 g/mol. The zero-order valence-electron chi connectivity index (χ0n) is 10.3. The highest BCUT2D eigenvalue weighted by molar-refractivity contribution is 5.89. The first-order valence-electron chi connectivity index (χ1n) is 5.61. The molecule has 18 heavy (non-hydrogen) atoms. The molecule has 5 nitrogen and oxygen atoms in total. The number of carbonyl (C=O) groups excluding carboxylic acids is 2. The van der Waals surface area contributed by atoms with Gasteiger partial charge in [0.25, 0.3) is 0 Å². The van der Waals surface area contributed by atoms with Gasteiger partial charge in [0.05, 0.1) is 0 Å². The number of amides is 3. The van der Waals surface area contributed by atoms with Gasteiger partial charge in [0.1, 0.15) is 0 Å². The molecule has 96 valence electrons. The maximum atomic E-state index is 11.3. The molecule has 0 radical (unpaired) electrons. The lowest BCUT2D eigenvalue weighted by Gasteiger charge is -2.07. The van der Waals surface area contributed by atoms with Crippen LogP contribution in [0.4, 0.5) is 10.5 Å². The van der Waals surface area contributed by atoms with Crippen molar-refractivity contribution in [2.75, 3.05) is 11.9 Å². The summed E-state index contributed by atoms with van der Waals surface area (Å²) in [4.78, 5) is 22.1. The maximum absolute atomic E-state index is 11.3. The van der Waals surface area contributed by atoms with Crippen LogP contribution in [0.1, 0.15) is 12.5 Å². The van der Waals surface area contributed by atoms with Gasteiger partial charge in [-0.2, -0.15) is 0 Å². The molecule has 0 spiro atoms. The van der Waals surface area contributed by atoms with Crippen molar-refractivity contribution in [3.63, 3.8) is 0 Å². The second kappa shape index (κ2) is 7.11. The zero-order chi connectivity index (χ0) is 13.4. The van der Waals surface area contributed by atoms with Crippen molar-refractivity contribution in [2.24, 2.45) is 0 Å². The molecule has 1 aromatic carbocycles. The topological polar surface area (TPSA) is 70.2 Å². The van der Waals surface area contributed by atoms with Gasteiger partial charge in [-0.3, -0.25) is 4.79 Å². The van der Waals surface area contributed by atoms with Crippen LogP contribution in [-0.4, -0.2) is 18.5 Å². The molecular formula is C13H17N3O2. The Morgan fingerprint density at radius 2 is 1.89 bits per heavy atom. The number of hydrogen-bond donors (Lipinski definition) is 3. The lowest BCUT2D eigenvalue weighted by molar-refractivity contribution is -0.119. The van der Waals surface area contributed by atoms with E-state index in [1.807, 2.05) is 12.1 Å². The zero-order valence-corrected chi connectivity index (χ0v) is 10.3. The monoisotopic (exact) mass is 247 g/mol. The molecule has 0 unspecified atom stereocenters. The Labute approximate surface area is 106 Å². The van der Waals surface area contributed by atoms with Crippen molar-refractivity contribution in [2.45, 2.75) is 13.5 Å². The first-order valence-corrected chi connectivity index (χ1v) is 5.61. The lowest BCUT2D eigenvalue weighted by Crippen LogP contribution is -2.28. The van der Waals surface area contributed by atoms with Crippen LogP contribution >= 0.6 is 0 Å². The molecule has 1 aromatic rings. The Hall–Kier alpha value is -2.30. The highest BCUT2D eigenvalue weighted by Crippen LogP contribution is 2.09. The first-order chi connectivity index (χ1) is 8.61. The van der Waals surface area contributed by atoms with Gasteiger partial charge in [-0.05, 0) is 17.7 Å². The molecule has 0 atom stereocenters. The summed E-state index contributed by atoms with van der Waals surface area (Å²) in [5, 5.41) is 7.99. The summed E-state index contributed by atoms with van der Waals surface area (Å²) in [5.41, 5.74) is 1.67. The normalized spacial score (nSPS) is 9.39. The molecule has 0 aliphatic carbocycles. The summed E-state index contributed by atoms with van der Waals surface area (Å²) >= 11 is 0. The third kappa shape index (κ3) is 5.16. The van der Waals surface area contributed by atoms with E-state index >= 15 is 0 Å². The van der Waals surface area contributed by atoms with Crippen LogP contribution in [0, 0.1) is 0 Å². The van der Waals surface area contributed by atoms with E-state index in [1.165, 1.54) is 6.92 Å². The highest BCUT2D eigenvalue weighted by Gasteiger charge is 2.00. The van der Waals surface area contributed by atoms with E-state index < -0.39 is 0 Å². The van der Waals surface area contributed by atoms with Crippen molar-refractivity contribution < 1.29 is 9.59 Å². The van der Waals surface area contributed by atoms with Crippen LogP contribution in [0.3, 0.4) is 0 Å². The number of nitrogens with one attached hydrogen (secondary N) is 3. The number of carbonyl (C=O) groups is 2. The van der Waals surface area contributed by atoms with Gasteiger partial charge in [-0.15, -0.1) is 6.58 Å². The minimum Gasteiger partial charge on any atom is -0.352 e. The highest BCUT2D eigenvalue weighted by atomic mass is 16.2. The third-order valence-electron chi connectivity index (χ3n) is 2.16. The van der Waals surface area contributed by atoms with Gasteiger partial charge in [0.15, 0.2) is 0 Å². The minimum absolute atomic E-state index is 0.0685. The quantitative estimate of drug-likeness (QED) is 0.692. The van der Waals surface area contributed by atoms with E-state index in [9.17, 15) is 9.59 Å². The SMILES string of the molecule is C=CCNC(=O)Nc1ccc(CNC(C)=O)cc1. The van der Waals surface area contributed by atoms with Crippen molar-refractivity contribution >= 4 is 17.6 Å². The molecule has 0 heterocycles. The summed E-state index contributed by atoms with van der Waals surface area (Å²) in [6.45, 7) is 5.89. The van der Waals surface area contributed by atoms with E-state index in [2.05, 4.69) is 22.5 Å². The molecule has 0 aromatic heterocycles. The van der Waals surface area contributed by atoms with E-state index in [0.29, 0.717) is 18.8 Å². The predicted octanol–water partition coefficient (Wildman–Crippen LogP) is 1.63. The Bertz CT molecular complexity index is 426. The Kier molecular flexibility index (Phi) is 5.44. The molecule has 0 fully saturated rings. The maximum Gasteiger partial charge on any atom is 0.319 e. The lowest BCUT2D eigenvalue weighted by atomic mass is 10.2. The van der Waals surface area contributed by atoms with Gasteiger partial charge < -0.3 is 16.0 Å². The van der Waals surface area contributed by atoms with Crippen molar-refractivity contribution in [3.8, 4) is 0 Å². The van der Waals surface area contributed by atoms with E-state index in [1.54, 1.807) is 18.2 Å². The van der Waals surface area contributed by atoms with E-state index in [0.717, 1.165) is 5.56 Å². The molecule has 0 aliphatic rings. The average Bonchev–Trinajstić information content (AvgIpc) is 2.35. The number of urea groups is 1. The fourth-order valence-electron chi connectivity index (χ4n) is 1.27. The molecule has 0 aliphatic heterocycles. The Morgan fingerprint density at radius 3 is 2.44 bits per heavy atom. The summed E-state index contributed by atoms with van der Waals surface area (Å²) in [5.74, 6) is -0.0685. The van der Waals surface area contributed by atoms with Crippen molar-refractivity contribution in [3.05, 3.63) is 42.5 Å². The molecule has 5 heteroatoms. The van der Waals surface area contributed by atoms with Crippen LogP contribution in [-0.2, 0) is 11.3 Å². The van der Waals surface area contributed by atoms with Crippen LogP contribution in [0.2, 0.25) is 0 Å². The van der Waals surface area contributed by atoms with Crippen molar-refractivity contribution in [1.29, 1.82) is 0 Å². The Balaban J connectivity index is 2.46. The van der Waals surface area contributed by atoms with Gasteiger partial charge in [-0.1, -0.05) is 18.2 Å². The minimum atomic E-state index is -0.274. The van der Waals surface area contributed by atoms with Crippen molar-refractivity contribution in [1.82, 2.24) is 10.6 Å². The van der Waals surface area contributed by atoms with Crippen LogP contribution < -0.4 is 16.0 Å². The summed E-state index contributed by atoms with van der Waals surface area (Å²) in [7, 11) is 0. The van der Waals surface area contributed by atoms with E-state index in [4.69, 9.17) is 0 Å². The fraction of sp³-hybridized carbons (Fsp3) is 0.231. The third-order valence-corrected chi connectivity index (χ3v) is 2.16. The van der Waals surface area contributed by atoms with Gasteiger partial charge in [0, 0.05) is 25.7 Å². The van der Waals surface area contributed by atoms with Gasteiger partial charge in [-0.25, -0.2) is 4.79 Å². The summed E-state index contributed by atoms with van der Waals surface area (Å²) in [6.07, 6.45) is 1.61. The van der Waals surface area contributed by atoms with Gasteiger partial charge in [0.2, 0.25) is 5.91 Å². The Morgan fingerprint density at radius 1 is 1.22 bits per heavy atom. The fourth-order valence-corrected chi connectivity index (χ4v) is 1.27.